The van der Waals surface area contributed by atoms with Gasteiger partial charge in [0.05, 0.1) is 11.0 Å². The number of hydrogen-bond acceptors (Lipinski definition) is 3. The molecule has 3 nitrogen and oxygen atoms in total. The number of anilines is 1. The molecule has 3 aromatic rings. The average molecular weight is 310 g/mol. The van der Waals surface area contributed by atoms with Crippen LogP contribution in [0.5, 0.6) is 0 Å². The molecule has 0 aliphatic heterocycles. The molecule has 4 heteroatoms. The standard InChI is InChI=1S/C18H16ClN3/c1-22(2)14-10-7-13(8-11-14)9-12-17-18(19)21-16-6-4-3-5-15(16)20-17/h3-12H,1-2H3/b12-9+. The van der Waals surface area contributed by atoms with Crippen LogP contribution in [-0.4, -0.2) is 24.1 Å². The van der Waals surface area contributed by atoms with E-state index in [2.05, 4.69) is 39.1 Å². The predicted molar refractivity (Wildman–Crippen MR) is 94.2 cm³/mol. The van der Waals surface area contributed by atoms with Crippen LogP contribution >= 0.6 is 11.6 Å². The first-order valence-corrected chi connectivity index (χ1v) is 7.39. The Balaban J connectivity index is 1.90. The summed E-state index contributed by atoms with van der Waals surface area (Å²) in [5.74, 6) is 0. The van der Waals surface area contributed by atoms with Gasteiger partial charge >= 0.3 is 0 Å². The van der Waals surface area contributed by atoms with E-state index in [1.165, 1.54) is 5.69 Å². The molecule has 0 amide bonds. The second-order valence-corrected chi connectivity index (χ2v) is 5.57. The minimum atomic E-state index is 0.417. The molecule has 3 rings (SSSR count). The molecule has 0 bridgehead atoms. The summed E-state index contributed by atoms with van der Waals surface area (Å²) in [5.41, 5.74) is 4.59. The summed E-state index contributed by atoms with van der Waals surface area (Å²) in [6.07, 6.45) is 3.89. The van der Waals surface area contributed by atoms with Crippen molar-refractivity contribution in [3.8, 4) is 0 Å². The van der Waals surface area contributed by atoms with E-state index in [0.717, 1.165) is 16.6 Å². The molecule has 1 heterocycles. The lowest BCUT2D eigenvalue weighted by Gasteiger charge is -2.11. The molecule has 0 aliphatic carbocycles. The van der Waals surface area contributed by atoms with Crippen LogP contribution in [0.4, 0.5) is 5.69 Å². The highest BCUT2D eigenvalue weighted by molar-refractivity contribution is 6.31. The van der Waals surface area contributed by atoms with Gasteiger partial charge in [0.25, 0.3) is 0 Å². The second kappa shape index (κ2) is 6.16. The third-order valence-electron chi connectivity index (χ3n) is 3.40. The summed E-state index contributed by atoms with van der Waals surface area (Å²) < 4.78 is 0. The van der Waals surface area contributed by atoms with Gasteiger partial charge in [0.2, 0.25) is 0 Å². The van der Waals surface area contributed by atoms with Crippen molar-refractivity contribution in [1.29, 1.82) is 0 Å². The van der Waals surface area contributed by atoms with Gasteiger partial charge in [-0.2, -0.15) is 0 Å². The molecule has 0 radical (unpaired) electrons. The number of halogens is 1. The molecule has 0 spiro atoms. The molecular formula is C18H16ClN3. The molecule has 0 fully saturated rings. The van der Waals surface area contributed by atoms with Crippen LogP contribution in [0.1, 0.15) is 11.3 Å². The highest BCUT2D eigenvalue weighted by Crippen LogP contribution is 2.20. The van der Waals surface area contributed by atoms with E-state index in [1.807, 2.05) is 50.5 Å². The molecule has 1 aromatic heterocycles. The maximum atomic E-state index is 6.20. The molecule has 0 atom stereocenters. The van der Waals surface area contributed by atoms with Gasteiger partial charge in [-0.25, -0.2) is 9.97 Å². The smallest absolute Gasteiger partial charge is 0.155 e. The Hall–Kier alpha value is -2.39. The molecular weight excluding hydrogens is 294 g/mol. The van der Waals surface area contributed by atoms with E-state index in [9.17, 15) is 0 Å². The zero-order chi connectivity index (χ0) is 15.5. The van der Waals surface area contributed by atoms with Gasteiger partial charge in [0.15, 0.2) is 5.15 Å². The zero-order valence-electron chi connectivity index (χ0n) is 12.5. The number of fused-ring (bicyclic) bond motifs is 1. The van der Waals surface area contributed by atoms with Crippen LogP contribution in [0.3, 0.4) is 0 Å². The zero-order valence-corrected chi connectivity index (χ0v) is 13.2. The fraction of sp³-hybridized carbons (Fsp3) is 0.111. The highest BCUT2D eigenvalue weighted by Gasteiger charge is 2.03. The minimum absolute atomic E-state index is 0.417. The van der Waals surface area contributed by atoms with Crippen molar-refractivity contribution in [3.63, 3.8) is 0 Å². The van der Waals surface area contributed by atoms with E-state index >= 15 is 0 Å². The normalized spacial score (nSPS) is 11.2. The van der Waals surface area contributed by atoms with E-state index in [4.69, 9.17) is 11.6 Å². The van der Waals surface area contributed by atoms with Crippen LogP contribution in [0.25, 0.3) is 23.2 Å². The van der Waals surface area contributed by atoms with Crippen molar-refractivity contribution >= 4 is 40.5 Å². The van der Waals surface area contributed by atoms with Gasteiger partial charge in [0.1, 0.15) is 5.69 Å². The number of benzene rings is 2. The highest BCUT2D eigenvalue weighted by atomic mass is 35.5. The summed E-state index contributed by atoms with van der Waals surface area (Å²) in [4.78, 5) is 11.0. The molecule has 0 aliphatic rings. The first-order chi connectivity index (χ1) is 10.6. The molecule has 0 saturated heterocycles. The van der Waals surface area contributed by atoms with Crippen LogP contribution in [-0.2, 0) is 0 Å². The second-order valence-electron chi connectivity index (χ2n) is 5.21. The van der Waals surface area contributed by atoms with Crippen LogP contribution in [0.2, 0.25) is 5.15 Å². The Morgan fingerprint density at radius 3 is 2.14 bits per heavy atom. The van der Waals surface area contributed by atoms with Gasteiger partial charge in [-0.3, -0.25) is 0 Å². The van der Waals surface area contributed by atoms with E-state index < -0.39 is 0 Å². The topological polar surface area (TPSA) is 29.0 Å². The first-order valence-electron chi connectivity index (χ1n) is 7.01. The van der Waals surface area contributed by atoms with Crippen molar-refractivity contribution in [2.75, 3.05) is 19.0 Å². The summed E-state index contributed by atoms with van der Waals surface area (Å²) in [6.45, 7) is 0. The quantitative estimate of drug-likeness (QED) is 0.712. The molecule has 22 heavy (non-hydrogen) atoms. The van der Waals surface area contributed by atoms with Crippen molar-refractivity contribution in [3.05, 3.63) is 64.9 Å². The maximum absolute atomic E-state index is 6.20. The molecule has 0 saturated carbocycles. The number of para-hydroxylation sites is 2. The van der Waals surface area contributed by atoms with Crippen LogP contribution in [0.15, 0.2) is 48.5 Å². The average Bonchev–Trinajstić information content (AvgIpc) is 2.53. The summed E-state index contributed by atoms with van der Waals surface area (Å²) in [5, 5.41) is 0.417. The van der Waals surface area contributed by atoms with Gasteiger partial charge < -0.3 is 4.90 Å². The monoisotopic (exact) mass is 309 g/mol. The van der Waals surface area contributed by atoms with Gasteiger partial charge in [-0.05, 0) is 35.9 Å². The van der Waals surface area contributed by atoms with Crippen molar-refractivity contribution < 1.29 is 0 Å². The Morgan fingerprint density at radius 2 is 1.50 bits per heavy atom. The van der Waals surface area contributed by atoms with Gasteiger partial charge in [0, 0.05) is 19.8 Å². The van der Waals surface area contributed by atoms with Crippen LogP contribution < -0.4 is 4.90 Å². The third kappa shape index (κ3) is 3.10. The molecule has 0 unspecified atom stereocenters. The number of nitrogens with zero attached hydrogens (tertiary/aromatic N) is 3. The predicted octanol–water partition coefficient (Wildman–Crippen LogP) is 4.52. The fourth-order valence-corrected chi connectivity index (χ4v) is 2.35. The molecule has 2 aromatic carbocycles. The SMILES string of the molecule is CN(C)c1ccc(/C=C/c2nc3ccccc3nc2Cl)cc1. The van der Waals surface area contributed by atoms with E-state index in [-0.39, 0.29) is 0 Å². The van der Waals surface area contributed by atoms with Gasteiger partial charge in [-0.15, -0.1) is 0 Å². The van der Waals surface area contributed by atoms with Crippen molar-refractivity contribution in [2.24, 2.45) is 0 Å². The lowest BCUT2D eigenvalue weighted by molar-refractivity contribution is 1.13. The summed E-state index contributed by atoms with van der Waals surface area (Å²) >= 11 is 6.20. The van der Waals surface area contributed by atoms with Crippen molar-refractivity contribution in [1.82, 2.24) is 9.97 Å². The third-order valence-corrected chi connectivity index (χ3v) is 3.67. The van der Waals surface area contributed by atoms with E-state index in [1.54, 1.807) is 0 Å². The summed E-state index contributed by atoms with van der Waals surface area (Å²) in [6, 6.07) is 16.0. The van der Waals surface area contributed by atoms with Crippen LogP contribution in [0, 0.1) is 0 Å². The number of aromatic nitrogens is 2. The molecule has 0 N–H and O–H groups in total. The lowest BCUT2D eigenvalue weighted by Crippen LogP contribution is -2.07. The van der Waals surface area contributed by atoms with E-state index in [0.29, 0.717) is 10.8 Å². The fourth-order valence-electron chi connectivity index (χ4n) is 2.16. The van der Waals surface area contributed by atoms with Crippen molar-refractivity contribution in [2.45, 2.75) is 0 Å². The Labute approximate surface area is 134 Å². The number of hydrogen-bond donors (Lipinski definition) is 0. The van der Waals surface area contributed by atoms with Gasteiger partial charge in [-0.1, -0.05) is 41.9 Å². The largest absolute Gasteiger partial charge is 0.378 e. The molecule has 110 valence electrons. The first kappa shape index (κ1) is 14.5. The Kier molecular flexibility index (Phi) is 4.07. The Bertz CT molecular complexity index is 823. The number of rotatable bonds is 3. The summed E-state index contributed by atoms with van der Waals surface area (Å²) in [7, 11) is 4.05. The minimum Gasteiger partial charge on any atom is -0.378 e. The maximum Gasteiger partial charge on any atom is 0.155 e. The lowest BCUT2D eigenvalue weighted by atomic mass is 10.2. The Morgan fingerprint density at radius 1 is 0.864 bits per heavy atom.